The number of hydrogen-bond acceptors (Lipinski definition) is 4. The van der Waals surface area contributed by atoms with E-state index in [-0.39, 0.29) is 0 Å². The third-order valence-electron chi connectivity index (χ3n) is 3.71. The molecule has 0 amide bonds. The van der Waals surface area contributed by atoms with Gasteiger partial charge in [-0.25, -0.2) is 4.98 Å². The summed E-state index contributed by atoms with van der Waals surface area (Å²) in [6.45, 7) is 4.12. The SMILES string of the molecule is CN1CCN(c2nccc3cc(C=O)ccc23)CC1. The van der Waals surface area contributed by atoms with Gasteiger partial charge in [0.05, 0.1) is 0 Å². The summed E-state index contributed by atoms with van der Waals surface area (Å²) in [6.07, 6.45) is 2.71. The maximum atomic E-state index is 10.8. The fourth-order valence-corrected chi connectivity index (χ4v) is 2.52. The molecule has 1 fully saturated rings. The Bertz CT molecular complexity index is 603. The van der Waals surface area contributed by atoms with Crippen LogP contribution in [0.2, 0.25) is 0 Å². The van der Waals surface area contributed by atoms with Crippen LogP contribution < -0.4 is 4.90 Å². The average molecular weight is 255 g/mol. The van der Waals surface area contributed by atoms with Gasteiger partial charge in [0.2, 0.25) is 0 Å². The van der Waals surface area contributed by atoms with E-state index in [2.05, 4.69) is 21.8 Å². The second kappa shape index (κ2) is 4.97. The van der Waals surface area contributed by atoms with Crippen molar-refractivity contribution in [1.82, 2.24) is 9.88 Å². The Morgan fingerprint density at radius 1 is 1.16 bits per heavy atom. The van der Waals surface area contributed by atoms with E-state index in [1.54, 1.807) is 0 Å². The van der Waals surface area contributed by atoms with Crippen molar-refractivity contribution < 1.29 is 4.79 Å². The molecule has 0 N–H and O–H groups in total. The van der Waals surface area contributed by atoms with Crippen molar-refractivity contribution in [3.63, 3.8) is 0 Å². The molecule has 0 spiro atoms. The van der Waals surface area contributed by atoms with Crippen LogP contribution in [0.25, 0.3) is 10.8 Å². The molecule has 19 heavy (non-hydrogen) atoms. The minimum atomic E-state index is 0.711. The molecule has 0 bridgehead atoms. The molecule has 1 aromatic carbocycles. The zero-order valence-electron chi connectivity index (χ0n) is 11.0. The van der Waals surface area contributed by atoms with Crippen molar-refractivity contribution >= 4 is 22.9 Å². The standard InChI is InChI=1S/C15H17N3O/c1-17-6-8-18(9-7-17)15-14-3-2-12(11-19)10-13(14)4-5-16-15/h2-5,10-11H,6-9H2,1H3. The normalized spacial score (nSPS) is 16.8. The van der Waals surface area contributed by atoms with E-state index < -0.39 is 0 Å². The molecule has 0 radical (unpaired) electrons. The number of piperazine rings is 1. The van der Waals surface area contributed by atoms with Gasteiger partial charge in [0.25, 0.3) is 0 Å². The molecule has 98 valence electrons. The summed E-state index contributed by atoms with van der Waals surface area (Å²) in [4.78, 5) is 20.0. The Hall–Kier alpha value is -1.94. The topological polar surface area (TPSA) is 36.4 Å². The van der Waals surface area contributed by atoms with Crippen LogP contribution in [0.4, 0.5) is 5.82 Å². The minimum absolute atomic E-state index is 0.711. The van der Waals surface area contributed by atoms with E-state index in [0.29, 0.717) is 5.56 Å². The lowest BCUT2D eigenvalue weighted by atomic mass is 10.1. The molecule has 4 heteroatoms. The summed E-state index contributed by atoms with van der Waals surface area (Å²) in [5.74, 6) is 1.03. The third kappa shape index (κ3) is 2.31. The molecule has 0 atom stereocenters. The van der Waals surface area contributed by atoms with Gasteiger partial charge in [0.15, 0.2) is 0 Å². The largest absolute Gasteiger partial charge is 0.354 e. The van der Waals surface area contributed by atoms with Gasteiger partial charge in [-0.1, -0.05) is 6.07 Å². The van der Waals surface area contributed by atoms with Crippen molar-refractivity contribution in [2.45, 2.75) is 0 Å². The van der Waals surface area contributed by atoms with Gasteiger partial charge in [0, 0.05) is 43.3 Å². The lowest BCUT2D eigenvalue weighted by Gasteiger charge is -2.33. The number of aromatic nitrogens is 1. The van der Waals surface area contributed by atoms with Crippen molar-refractivity contribution in [1.29, 1.82) is 0 Å². The van der Waals surface area contributed by atoms with Crippen molar-refractivity contribution in [2.75, 3.05) is 38.1 Å². The van der Waals surface area contributed by atoms with Crippen LogP contribution in [0.5, 0.6) is 0 Å². The molecule has 3 rings (SSSR count). The molecule has 2 heterocycles. The number of benzene rings is 1. The zero-order valence-corrected chi connectivity index (χ0v) is 11.0. The highest BCUT2D eigenvalue weighted by Gasteiger charge is 2.17. The number of rotatable bonds is 2. The molecule has 1 saturated heterocycles. The van der Waals surface area contributed by atoms with Gasteiger partial charge >= 0.3 is 0 Å². The lowest BCUT2D eigenvalue weighted by Crippen LogP contribution is -2.44. The Labute approximate surface area is 112 Å². The Morgan fingerprint density at radius 2 is 1.95 bits per heavy atom. The molecule has 2 aromatic rings. The van der Waals surface area contributed by atoms with Crippen LogP contribution in [0.1, 0.15) is 10.4 Å². The van der Waals surface area contributed by atoms with E-state index in [1.807, 2.05) is 30.5 Å². The zero-order chi connectivity index (χ0) is 13.2. The number of carbonyl (C=O) groups is 1. The van der Waals surface area contributed by atoms with Gasteiger partial charge < -0.3 is 9.80 Å². The van der Waals surface area contributed by atoms with Crippen molar-refractivity contribution in [2.24, 2.45) is 0 Å². The number of likely N-dealkylation sites (N-methyl/N-ethyl adjacent to an activating group) is 1. The predicted octanol–water partition coefficient (Wildman–Crippen LogP) is 1.80. The first-order chi connectivity index (χ1) is 9.28. The van der Waals surface area contributed by atoms with Crippen LogP contribution in [0.3, 0.4) is 0 Å². The van der Waals surface area contributed by atoms with E-state index in [9.17, 15) is 4.79 Å². The average Bonchev–Trinajstić information content (AvgIpc) is 2.47. The second-order valence-corrected chi connectivity index (χ2v) is 5.02. The molecule has 0 aliphatic carbocycles. The molecule has 1 aliphatic rings. The molecule has 0 saturated carbocycles. The molecular formula is C15H17N3O. The highest BCUT2D eigenvalue weighted by atomic mass is 16.1. The summed E-state index contributed by atoms with van der Waals surface area (Å²) >= 11 is 0. The monoisotopic (exact) mass is 255 g/mol. The summed E-state index contributed by atoms with van der Waals surface area (Å²) in [7, 11) is 2.14. The van der Waals surface area contributed by atoms with Gasteiger partial charge in [-0.05, 0) is 30.6 Å². The fourth-order valence-electron chi connectivity index (χ4n) is 2.52. The fraction of sp³-hybridized carbons (Fsp3) is 0.333. The molecular weight excluding hydrogens is 238 g/mol. The Kier molecular flexibility index (Phi) is 3.17. The maximum Gasteiger partial charge on any atom is 0.150 e. The Morgan fingerprint density at radius 3 is 2.68 bits per heavy atom. The van der Waals surface area contributed by atoms with Gasteiger partial charge in [0.1, 0.15) is 12.1 Å². The van der Waals surface area contributed by atoms with E-state index in [1.165, 1.54) is 0 Å². The first-order valence-electron chi connectivity index (χ1n) is 6.55. The Balaban J connectivity index is 2.01. The first kappa shape index (κ1) is 12.1. The van der Waals surface area contributed by atoms with Crippen LogP contribution in [0.15, 0.2) is 30.5 Å². The summed E-state index contributed by atoms with van der Waals surface area (Å²) in [6, 6.07) is 7.74. The highest BCUT2D eigenvalue weighted by Crippen LogP contribution is 2.25. The van der Waals surface area contributed by atoms with Crippen LogP contribution in [-0.4, -0.2) is 49.4 Å². The van der Waals surface area contributed by atoms with Gasteiger partial charge in [-0.15, -0.1) is 0 Å². The smallest absolute Gasteiger partial charge is 0.150 e. The van der Waals surface area contributed by atoms with Crippen molar-refractivity contribution in [3.05, 3.63) is 36.0 Å². The molecule has 1 aliphatic heterocycles. The quantitative estimate of drug-likeness (QED) is 0.767. The van der Waals surface area contributed by atoms with Crippen LogP contribution in [0, 0.1) is 0 Å². The summed E-state index contributed by atoms with van der Waals surface area (Å²) in [5.41, 5.74) is 0.711. The maximum absolute atomic E-state index is 10.8. The summed E-state index contributed by atoms with van der Waals surface area (Å²) < 4.78 is 0. The number of carbonyl (C=O) groups excluding carboxylic acids is 1. The van der Waals surface area contributed by atoms with Gasteiger partial charge in [-0.3, -0.25) is 4.79 Å². The number of aldehydes is 1. The number of fused-ring (bicyclic) bond motifs is 1. The number of anilines is 1. The molecule has 0 unspecified atom stereocenters. The predicted molar refractivity (Wildman–Crippen MR) is 76.8 cm³/mol. The van der Waals surface area contributed by atoms with E-state index in [4.69, 9.17) is 0 Å². The number of nitrogens with zero attached hydrogens (tertiary/aromatic N) is 3. The van der Waals surface area contributed by atoms with Crippen molar-refractivity contribution in [3.8, 4) is 0 Å². The number of pyridine rings is 1. The van der Waals surface area contributed by atoms with Crippen LogP contribution in [-0.2, 0) is 0 Å². The minimum Gasteiger partial charge on any atom is -0.354 e. The van der Waals surface area contributed by atoms with E-state index >= 15 is 0 Å². The van der Waals surface area contributed by atoms with Crippen LogP contribution >= 0.6 is 0 Å². The lowest BCUT2D eigenvalue weighted by molar-refractivity contribution is 0.112. The third-order valence-corrected chi connectivity index (χ3v) is 3.71. The van der Waals surface area contributed by atoms with Gasteiger partial charge in [-0.2, -0.15) is 0 Å². The first-order valence-corrected chi connectivity index (χ1v) is 6.55. The number of hydrogen-bond donors (Lipinski definition) is 0. The molecule has 4 nitrogen and oxygen atoms in total. The molecule has 1 aromatic heterocycles. The van der Waals surface area contributed by atoms with E-state index in [0.717, 1.165) is 49.1 Å². The second-order valence-electron chi connectivity index (χ2n) is 5.02. The summed E-state index contributed by atoms with van der Waals surface area (Å²) in [5, 5.41) is 2.20. The highest BCUT2D eigenvalue weighted by molar-refractivity contribution is 5.95.